The van der Waals surface area contributed by atoms with Gasteiger partial charge in [0.15, 0.2) is 0 Å². The van der Waals surface area contributed by atoms with Gasteiger partial charge in [-0.2, -0.15) is 11.8 Å². The van der Waals surface area contributed by atoms with Crippen LogP contribution in [0.5, 0.6) is 0 Å². The quantitative estimate of drug-likeness (QED) is 0.633. The highest BCUT2D eigenvalue weighted by molar-refractivity contribution is 7.98. The fourth-order valence-electron chi connectivity index (χ4n) is 0.838. The summed E-state index contributed by atoms with van der Waals surface area (Å²) >= 11 is 1.64. The normalized spacial score (nSPS) is 12.6. The molecule has 12 heavy (non-hydrogen) atoms. The molecule has 1 atom stereocenters. The lowest BCUT2D eigenvalue weighted by Gasteiger charge is -2.14. The van der Waals surface area contributed by atoms with E-state index in [-0.39, 0.29) is 12.0 Å². The van der Waals surface area contributed by atoms with Crippen molar-refractivity contribution in [1.82, 2.24) is 5.32 Å². The third-order valence-corrected chi connectivity index (χ3v) is 2.13. The van der Waals surface area contributed by atoms with Crippen molar-refractivity contribution >= 4 is 17.7 Å². The molecule has 0 aromatic heterocycles. The largest absolute Gasteiger partial charge is 0.468 e. The van der Waals surface area contributed by atoms with E-state index in [0.717, 1.165) is 18.7 Å². The van der Waals surface area contributed by atoms with Crippen LogP contribution in [0.2, 0.25) is 0 Å². The Labute approximate surface area is 78.2 Å². The van der Waals surface area contributed by atoms with E-state index in [1.165, 1.54) is 7.11 Å². The molecule has 0 aromatic rings. The van der Waals surface area contributed by atoms with E-state index in [0.29, 0.717) is 0 Å². The SMILES string of the molecule is CCCNC(CSC)C(=O)OC. The van der Waals surface area contributed by atoms with E-state index in [4.69, 9.17) is 0 Å². The summed E-state index contributed by atoms with van der Waals surface area (Å²) in [7, 11) is 1.42. The van der Waals surface area contributed by atoms with Gasteiger partial charge in [-0.3, -0.25) is 4.79 Å². The Bertz CT molecular complexity index is 130. The molecule has 1 N–H and O–H groups in total. The maximum Gasteiger partial charge on any atom is 0.323 e. The first-order valence-electron chi connectivity index (χ1n) is 4.06. The van der Waals surface area contributed by atoms with E-state index in [1.54, 1.807) is 11.8 Å². The maximum atomic E-state index is 11.1. The summed E-state index contributed by atoms with van der Waals surface area (Å²) in [6.07, 6.45) is 3.01. The van der Waals surface area contributed by atoms with Crippen molar-refractivity contribution < 1.29 is 9.53 Å². The summed E-state index contributed by atoms with van der Waals surface area (Å²) < 4.78 is 4.65. The number of hydrogen-bond donors (Lipinski definition) is 1. The lowest BCUT2D eigenvalue weighted by atomic mass is 10.3. The zero-order valence-corrected chi connectivity index (χ0v) is 8.74. The predicted molar refractivity (Wildman–Crippen MR) is 52.5 cm³/mol. The van der Waals surface area contributed by atoms with Gasteiger partial charge in [-0.1, -0.05) is 6.92 Å². The second-order valence-electron chi connectivity index (χ2n) is 2.49. The highest BCUT2D eigenvalue weighted by Crippen LogP contribution is 1.99. The minimum Gasteiger partial charge on any atom is -0.468 e. The Morgan fingerprint density at radius 1 is 1.67 bits per heavy atom. The number of thioether (sulfide) groups is 1. The minimum absolute atomic E-state index is 0.148. The Balaban J connectivity index is 3.76. The standard InChI is InChI=1S/C8H17NO2S/c1-4-5-9-7(6-12-3)8(10)11-2/h7,9H,4-6H2,1-3H3. The van der Waals surface area contributed by atoms with E-state index in [2.05, 4.69) is 17.0 Å². The van der Waals surface area contributed by atoms with Gasteiger partial charge in [0.25, 0.3) is 0 Å². The van der Waals surface area contributed by atoms with Gasteiger partial charge in [0.1, 0.15) is 6.04 Å². The number of ether oxygens (including phenoxy) is 1. The lowest BCUT2D eigenvalue weighted by Crippen LogP contribution is -2.40. The summed E-state index contributed by atoms with van der Waals surface area (Å²) in [4.78, 5) is 11.1. The van der Waals surface area contributed by atoms with Gasteiger partial charge in [-0.05, 0) is 19.2 Å². The van der Waals surface area contributed by atoms with E-state index < -0.39 is 0 Å². The van der Waals surface area contributed by atoms with Crippen LogP contribution >= 0.6 is 11.8 Å². The molecule has 0 aliphatic carbocycles. The predicted octanol–water partition coefficient (Wildman–Crippen LogP) is 0.891. The topological polar surface area (TPSA) is 38.3 Å². The molecule has 3 nitrogen and oxygen atoms in total. The fraction of sp³-hybridized carbons (Fsp3) is 0.875. The van der Waals surface area contributed by atoms with Gasteiger partial charge in [0.05, 0.1) is 7.11 Å². The summed E-state index contributed by atoms with van der Waals surface area (Å²) in [5.41, 5.74) is 0. The minimum atomic E-state index is -0.169. The Morgan fingerprint density at radius 3 is 2.75 bits per heavy atom. The van der Waals surface area contributed by atoms with Crippen LogP contribution in [-0.2, 0) is 9.53 Å². The third-order valence-electron chi connectivity index (χ3n) is 1.46. The van der Waals surface area contributed by atoms with Crippen molar-refractivity contribution in [1.29, 1.82) is 0 Å². The van der Waals surface area contributed by atoms with Crippen molar-refractivity contribution in [3.8, 4) is 0 Å². The molecule has 1 unspecified atom stereocenters. The average molecular weight is 191 g/mol. The van der Waals surface area contributed by atoms with Crippen LogP contribution in [0.25, 0.3) is 0 Å². The molecule has 0 aliphatic rings. The molecule has 0 saturated heterocycles. The van der Waals surface area contributed by atoms with Crippen molar-refractivity contribution in [2.45, 2.75) is 19.4 Å². The highest BCUT2D eigenvalue weighted by Gasteiger charge is 2.16. The molecule has 0 saturated carbocycles. The average Bonchev–Trinajstić information content (AvgIpc) is 2.11. The van der Waals surface area contributed by atoms with Crippen LogP contribution in [0.4, 0.5) is 0 Å². The number of carbonyl (C=O) groups excluding carboxylic acids is 1. The molecule has 0 fully saturated rings. The molecule has 0 rings (SSSR count). The number of esters is 1. The molecular formula is C8H17NO2S. The van der Waals surface area contributed by atoms with Crippen LogP contribution in [-0.4, -0.2) is 37.7 Å². The number of rotatable bonds is 6. The summed E-state index contributed by atoms with van der Waals surface area (Å²) in [6, 6.07) is -0.148. The molecule has 4 heteroatoms. The Hall–Kier alpha value is -0.220. The van der Waals surface area contributed by atoms with E-state index >= 15 is 0 Å². The molecule has 0 spiro atoms. The summed E-state index contributed by atoms with van der Waals surface area (Å²) in [6.45, 7) is 2.93. The molecule has 0 aromatic carbocycles. The van der Waals surface area contributed by atoms with E-state index in [9.17, 15) is 4.79 Å². The first-order valence-corrected chi connectivity index (χ1v) is 5.45. The number of hydrogen-bond acceptors (Lipinski definition) is 4. The van der Waals surface area contributed by atoms with Crippen molar-refractivity contribution in [2.75, 3.05) is 25.7 Å². The highest BCUT2D eigenvalue weighted by atomic mass is 32.2. The molecule has 0 heterocycles. The Morgan fingerprint density at radius 2 is 2.33 bits per heavy atom. The van der Waals surface area contributed by atoms with Gasteiger partial charge in [-0.15, -0.1) is 0 Å². The first-order chi connectivity index (χ1) is 5.76. The van der Waals surface area contributed by atoms with Crippen molar-refractivity contribution in [2.24, 2.45) is 0 Å². The van der Waals surface area contributed by atoms with Gasteiger partial charge < -0.3 is 10.1 Å². The number of nitrogens with one attached hydrogen (secondary N) is 1. The number of carbonyl (C=O) groups is 1. The van der Waals surface area contributed by atoms with Crippen LogP contribution in [0.1, 0.15) is 13.3 Å². The molecular weight excluding hydrogens is 174 g/mol. The third kappa shape index (κ3) is 4.62. The first kappa shape index (κ1) is 11.8. The second-order valence-corrected chi connectivity index (χ2v) is 3.40. The summed E-state index contributed by atoms with van der Waals surface area (Å²) in [5, 5.41) is 3.13. The molecule has 0 amide bonds. The van der Waals surface area contributed by atoms with Crippen LogP contribution < -0.4 is 5.32 Å². The number of methoxy groups -OCH3 is 1. The van der Waals surface area contributed by atoms with Gasteiger partial charge in [0, 0.05) is 5.75 Å². The molecule has 0 aliphatic heterocycles. The van der Waals surface area contributed by atoms with Gasteiger partial charge >= 0.3 is 5.97 Å². The smallest absolute Gasteiger partial charge is 0.323 e. The second kappa shape index (κ2) is 7.43. The van der Waals surface area contributed by atoms with E-state index in [1.807, 2.05) is 6.26 Å². The van der Waals surface area contributed by atoms with Crippen LogP contribution in [0.3, 0.4) is 0 Å². The van der Waals surface area contributed by atoms with Crippen LogP contribution in [0, 0.1) is 0 Å². The molecule has 0 radical (unpaired) electrons. The monoisotopic (exact) mass is 191 g/mol. The van der Waals surface area contributed by atoms with Crippen molar-refractivity contribution in [3.05, 3.63) is 0 Å². The zero-order chi connectivity index (χ0) is 9.40. The zero-order valence-electron chi connectivity index (χ0n) is 7.92. The molecule has 72 valence electrons. The van der Waals surface area contributed by atoms with Gasteiger partial charge in [-0.25, -0.2) is 0 Å². The van der Waals surface area contributed by atoms with Crippen molar-refractivity contribution in [3.63, 3.8) is 0 Å². The van der Waals surface area contributed by atoms with Gasteiger partial charge in [0.2, 0.25) is 0 Å². The van der Waals surface area contributed by atoms with Crippen LogP contribution in [0.15, 0.2) is 0 Å². The lowest BCUT2D eigenvalue weighted by molar-refractivity contribution is -0.142. The maximum absolute atomic E-state index is 11.1. The summed E-state index contributed by atoms with van der Waals surface area (Å²) in [5.74, 6) is 0.602. The Kier molecular flexibility index (Phi) is 7.29. The fourth-order valence-corrected chi connectivity index (χ4v) is 1.43. The molecule has 0 bridgehead atoms.